The number of nitrogens with zero attached hydrogens (tertiary/aromatic N) is 1. The van der Waals surface area contributed by atoms with Crippen molar-refractivity contribution in [2.45, 2.75) is 19.3 Å². The van der Waals surface area contributed by atoms with Gasteiger partial charge in [0.05, 0.1) is 13.0 Å². The fraction of sp³-hybridized carbons (Fsp3) is 0.818. The predicted molar refractivity (Wildman–Crippen MR) is 58.0 cm³/mol. The zero-order valence-electron chi connectivity index (χ0n) is 9.81. The molecule has 5 nitrogen and oxygen atoms in total. The Kier molecular flexibility index (Phi) is 4.73. The lowest BCUT2D eigenvalue weighted by Gasteiger charge is -2.19. The van der Waals surface area contributed by atoms with Gasteiger partial charge in [0.25, 0.3) is 0 Å². The molecule has 1 N–H and O–H groups in total. The Labute approximate surface area is 95.4 Å². The van der Waals surface area contributed by atoms with Gasteiger partial charge < -0.3 is 14.7 Å². The van der Waals surface area contributed by atoms with Crippen molar-refractivity contribution in [3.63, 3.8) is 0 Å². The maximum absolute atomic E-state index is 11.2. The number of esters is 1. The van der Waals surface area contributed by atoms with Gasteiger partial charge >= 0.3 is 11.9 Å². The van der Waals surface area contributed by atoms with E-state index < -0.39 is 11.9 Å². The van der Waals surface area contributed by atoms with Crippen LogP contribution in [-0.2, 0) is 14.3 Å². The summed E-state index contributed by atoms with van der Waals surface area (Å²) in [6.07, 6.45) is 1.55. The lowest BCUT2D eigenvalue weighted by Crippen LogP contribution is -2.26. The lowest BCUT2D eigenvalue weighted by molar-refractivity contribution is -0.146. The van der Waals surface area contributed by atoms with Gasteiger partial charge in [0.1, 0.15) is 0 Å². The van der Waals surface area contributed by atoms with E-state index in [-0.39, 0.29) is 18.3 Å². The molecular formula is C11H19NO4. The number of aliphatic carboxylic acids is 1. The number of likely N-dealkylation sites (tertiary alicyclic amines) is 1. The first-order valence-corrected chi connectivity index (χ1v) is 5.52. The van der Waals surface area contributed by atoms with Gasteiger partial charge in [-0.3, -0.25) is 9.59 Å². The molecule has 0 aliphatic carbocycles. The van der Waals surface area contributed by atoms with Gasteiger partial charge in [-0.2, -0.15) is 0 Å². The SMILES string of the molecule is COC(=O)C[C@@H]1CCN(C)CC[C@H]1C(=O)O. The average molecular weight is 229 g/mol. The summed E-state index contributed by atoms with van der Waals surface area (Å²) in [4.78, 5) is 24.4. The molecule has 16 heavy (non-hydrogen) atoms. The summed E-state index contributed by atoms with van der Waals surface area (Å²) in [5.74, 6) is -1.65. The van der Waals surface area contributed by atoms with Crippen LogP contribution in [0.4, 0.5) is 0 Å². The highest BCUT2D eigenvalue weighted by Gasteiger charge is 2.32. The first-order chi connectivity index (χ1) is 7.54. The molecule has 0 saturated carbocycles. The highest BCUT2D eigenvalue weighted by molar-refractivity contribution is 5.73. The van der Waals surface area contributed by atoms with Crippen LogP contribution >= 0.6 is 0 Å². The van der Waals surface area contributed by atoms with Crippen LogP contribution in [0.15, 0.2) is 0 Å². The smallest absolute Gasteiger partial charge is 0.306 e. The number of carboxylic acids is 1. The molecule has 0 bridgehead atoms. The molecular weight excluding hydrogens is 210 g/mol. The molecule has 1 heterocycles. The molecule has 2 atom stereocenters. The summed E-state index contributed by atoms with van der Waals surface area (Å²) in [5.41, 5.74) is 0. The van der Waals surface area contributed by atoms with Crippen LogP contribution < -0.4 is 0 Å². The second kappa shape index (κ2) is 5.84. The maximum Gasteiger partial charge on any atom is 0.306 e. The Hall–Kier alpha value is -1.10. The molecule has 1 aliphatic rings. The molecule has 0 unspecified atom stereocenters. The number of hydrogen-bond donors (Lipinski definition) is 1. The molecule has 5 heteroatoms. The van der Waals surface area contributed by atoms with Gasteiger partial charge in [-0.25, -0.2) is 0 Å². The van der Waals surface area contributed by atoms with Gasteiger partial charge in [-0.1, -0.05) is 0 Å². The molecule has 1 fully saturated rings. The number of carbonyl (C=O) groups is 2. The number of methoxy groups -OCH3 is 1. The van der Waals surface area contributed by atoms with Crippen molar-refractivity contribution in [2.24, 2.45) is 11.8 Å². The normalized spacial score (nSPS) is 27.1. The zero-order valence-corrected chi connectivity index (χ0v) is 9.81. The van der Waals surface area contributed by atoms with E-state index in [2.05, 4.69) is 9.64 Å². The van der Waals surface area contributed by atoms with Crippen molar-refractivity contribution < 1.29 is 19.4 Å². The van der Waals surface area contributed by atoms with Gasteiger partial charge in [0, 0.05) is 6.42 Å². The second-order valence-corrected chi connectivity index (χ2v) is 4.37. The highest BCUT2D eigenvalue weighted by Crippen LogP contribution is 2.27. The third-order valence-corrected chi connectivity index (χ3v) is 3.25. The number of carbonyl (C=O) groups excluding carboxylic acids is 1. The summed E-state index contributed by atoms with van der Waals surface area (Å²) in [5, 5.41) is 9.13. The van der Waals surface area contributed by atoms with E-state index in [1.54, 1.807) is 0 Å². The fourth-order valence-corrected chi connectivity index (χ4v) is 2.16. The molecule has 0 aromatic carbocycles. The monoisotopic (exact) mass is 229 g/mol. The van der Waals surface area contributed by atoms with Gasteiger partial charge in [-0.05, 0) is 38.9 Å². The molecule has 0 radical (unpaired) electrons. The van der Waals surface area contributed by atoms with Crippen LogP contribution in [0.3, 0.4) is 0 Å². The molecule has 1 aliphatic heterocycles. The van der Waals surface area contributed by atoms with Crippen LogP contribution in [0.2, 0.25) is 0 Å². The largest absolute Gasteiger partial charge is 0.481 e. The maximum atomic E-state index is 11.2. The fourth-order valence-electron chi connectivity index (χ4n) is 2.16. The Morgan fingerprint density at radius 2 is 2.00 bits per heavy atom. The first-order valence-electron chi connectivity index (χ1n) is 5.52. The minimum absolute atomic E-state index is 0.102. The van der Waals surface area contributed by atoms with Crippen LogP contribution in [-0.4, -0.2) is 49.2 Å². The van der Waals surface area contributed by atoms with Crippen molar-refractivity contribution >= 4 is 11.9 Å². The quantitative estimate of drug-likeness (QED) is 0.717. The molecule has 0 spiro atoms. The van der Waals surface area contributed by atoms with Crippen LogP contribution in [0.1, 0.15) is 19.3 Å². The van der Waals surface area contributed by atoms with Crippen molar-refractivity contribution in [3.05, 3.63) is 0 Å². The minimum atomic E-state index is -0.802. The lowest BCUT2D eigenvalue weighted by atomic mass is 9.85. The first kappa shape index (κ1) is 13.0. The Morgan fingerprint density at radius 1 is 1.38 bits per heavy atom. The minimum Gasteiger partial charge on any atom is -0.481 e. The summed E-state index contributed by atoms with van der Waals surface area (Å²) >= 11 is 0. The standard InChI is InChI=1S/C11H19NO4/c1-12-5-3-8(7-10(13)16-2)9(4-6-12)11(14)15/h8-9H,3-7H2,1-2H3,(H,14,15)/t8-,9+/m0/s1. The topological polar surface area (TPSA) is 66.8 Å². The van der Waals surface area contributed by atoms with Gasteiger partial charge in [0.2, 0.25) is 0 Å². The predicted octanol–water partition coefficient (Wildman–Crippen LogP) is 0.592. The number of carboxylic acid groups (broad SMARTS) is 1. The Bertz CT molecular complexity index is 267. The number of hydrogen-bond acceptors (Lipinski definition) is 4. The molecule has 0 amide bonds. The van der Waals surface area contributed by atoms with Crippen LogP contribution in [0.25, 0.3) is 0 Å². The highest BCUT2D eigenvalue weighted by atomic mass is 16.5. The van der Waals surface area contributed by atoms with Crippen molar-refractivity contribution in [1.29, 1.82) is 0 Å². The summed E-state index contributed by atoms with van der Waals surface area (Å²) in [6, 6.07) is 0. The number of ether oxygens (including phenoxy) is 1. The molecule has 0 aromatic heterocycles. The van der Waals surface area contributed by atoms with Gasteiger partial charge in [0.15, 0.2) is 0 Å². The molecule has 1 rings (SSSR count). The molecule has 92 valence electrons. The second-order valence-electron chi connectivity index (χ2n) is 4.37. The summed E-state index contributed by atoms with van der Waals surface area (Å²) in [7, 11) is 3.31. The Balaban J connectivity index is 2.67. The zero-order chi connectivity index (χ0) is 12.1. The van der Waals surface area contributed by atoms with Crippen LogP contribution in [0, 0.1) is 11.8 Å². The summed E-state index contributed by atoms with van der Waals surface area (Å²) < 4.78 is 4.60. The van der Waals surface area contributed by atoms with E-state index in [1.165, 1.54) is 7.11 Å². The van der Waals surface area contributed by atoms with Crippen LogP contribution in [0.5, 0.6) is 0 Å². The van der Waals surface area contributed by atoms with E-state index in [9.17, 15) is 9.59 Å². The van der Waals surface area contributed by atoms with E-state index in [1.807, 2.05) is 7.05 Å². The van der Waals surface area contributed by atoms with Crippen molar-refractivity contribution in [1.82, 2.24) is 4.90 Å². The van der Waals surface area contributed by atoms with E-state index in [0.717, 1.165) is 19.5 Å². The molecule has 1 saturated heterocycles. The average Bonchev–Trinajstić information content (AvgIpc) is 2.41. The summed E-state index contributed by atoms with van der Waals surface area (Å²) in [6.45, 7) is 1.61. The van der Waals surface area contributed by atoms with Gasteiger partial charge in [-0.15, -0.1) is 0 Å². The third kappa shape index (κ3) is 3.48. The van der Waals surface area contributed by atoms with E-state index >= 15 is 0 Å². The molecule has 0 aromatic rings. The van der Waals surface area contributed by atoms with Crippen molar-refractivity contribution in [2.75, 3.05) is 27.2 Å². The third-order valence-electron chi connectivity index (χ3n) is 3.25. The van der Waals surface area contributed by atoms with Crippen molar-refractivity contribution in [3.8, 4) is 0 Å². The van der Waals surface area contributed by atoms with E-state index in [0.29, 0.717) is 6.42 Å². The Morgan fingerprint density at radius 3 is 2.56 bits per heavy atom. The van der Waals surface area contributed by atoms with E-state index in [4.69, 9.17) is 5.11 Å². The number of rotatable bonds is 3.